The number of methoxy groups -OCH3 is 1. The van der Waals surface area contributed by atoms with E-state index in [2.05, 4.69) is 24.1 Å². The van der Waals surface area contributed by atoms with Crippen molar-refractivity contribution in [2.45, 2.75) is 20.4 Å². The molecule has 2 rings (SSSR count). The zero-order chi connectivity index (χ0) is 18.8. The van der Waals surface area contributed by atoms with Crippen molar-refractivity contribution in [2.24, 2.45) is 0 Å². The van der Waals surface area contributed by atoms with Crippen molar-refractivity contribution in [1.29, 1.82) is 0 Å². The van der Waals surface area contributed by atoms with E-state index in [-0.39, 0.29) is 6.03 Å². The molecule has 0 saturated carbocycles. The van der Waals surface area contributed by atoms with Crippen molar-refractivity contribution in [1.82, 2.24) is 9.80 Å². The number of nitrogens with one attached hydrogen (secondary N) is 1. The molecule has 0 heterocycles. The Hall–Kier alpha value is -2.53. The van der Waals surface area contributed by atoms with Gasteiger partial charge in [-0.15, -0.1) is 0 Å². The second-order valence-electron chi connectivity index (χ2n) is 6.10. The Balaban J connectivity index is 2.08. The Morgan fingerprint density at radius 2 is 1.73 bits per heavy atom. The summed E-state index contributed by atoms with van der Waals surface area (Å²) in [5.74, 6) is 0.723. The van der Waals surface area contributed by atoms with Crippen LogP contribution in [0.1, 0.15) is 19.4 Å². The molecule has 2 amide bonds. The van der Waals surface area contributed by atoms with Crippen LogP contribution in [0.2, 0.25) is 0 Å². The molecule has 0 aliphatic carbocycles. The van der Waals surface area contributed by atoms with Gasteiger partial charge < -0.3 is 19.9 Å². The van der Waals surface area contributed by atoms with Gasteiger partial charge in [-0.3, -0.25) is 0 Å². The summed E-state index contributed by atoms with van der Waals surface area (Å²) in [5, 5.41) is 2.99. The molecule has 26 heavy (non-hydrogen) atoms. The summed E-state index contributed by atoms with van der Waals surface area (Å²) in [5.41, 5.74) is 1.85. The largest absolute Gasteiger partial charge is 0.497 e. The van der Waals surface area contributed by atoms with E-state index >= 15 is 0 Å². The van der Waals surface area contributed by atoms with Gasteiger partial charge in [-0.25, -0.2) is 4.79 Å². The monoisotopic (exact) mass is 355 g/mol. The second-order valence-corrected chi connectivity index (χ2v) is 6.10. The topological polar surface area (TPSA) is 44.8 Å². The first kappa shape index (κ1) is 19.8. The Labute approximate surface area is 156 Å². The molecule has 140 valence electrons. The Kier molecular flexibility index (Phi) is 7.96. The minimum Gasteiger partial charge on any atom is -0.497 e. The van der Waals surface area contributed by atoms with Crippen LogP contribution in [-0.4, -0.2) is 49.1 Å². The normalized spacial score (nSPS) is 10.6. The molecule has 0 atom stereocenters. The van der Waals surface area contributed by atoms with Crippen molar-refractivity contribution >= 4 is 11.7 Å². The van der Waals surface area contributed by atoms with Crippen molar-refractivity contribution in [3.05, 3.63) is 60.2 Å². The van der Waals surface area contributed by atoms with Crippen LogP contribution in [-0.2, 0) is 6.54 Å². The van der Waals surface area contributed by atoms with Crippen LogP contribution in [0.25, 0.3) is 0 Å². The number of anilines is 1. The van der Waals surface area contributed by atoms with Gasteiger partial charge in [-0.2, -0.15) is 0 Å². The standard InChI is InChI=1S/C21H29N3O2/c1-4-23(5-2)14-15-24(17-18-10-7-6-8-11-18)21(25)22-19-12-9-13-20(16-19)26-3/h6-13,16H,4-5,14-15,17H2,1-3H3,(H,22,25). The average Bonchev–Trinajstić information content (AvgIpc) is 2.68. The Bertz CT molecular complexity index is 672. The SMILES string of the molecule is CCN(CC)CCN(Cc1ccccc1)C(=O)Nc1cccc(OC)c1. The molecule has 0 saturated heterocycles. The smallest absolute Gasteiger partial charge is 0.322 e. The molecule has 0 unspecified atom stereocenters. The van der Waals surface area contributed by atoms with Crippen molar-refractivity contribution < 1.29 is 9.53 Å². The van der Waals surface area contributed by atoms with Crippen LogP contribution in [0.3, 0.4) is 0 Å². The van der Waals surface area contributed by atoms with E-state index in [9.17, 15) is 4.79 Å². The van der Waals surface area contributed by atoms with Gasteiger partial charge in [-0.05, 0) is 30.8 Å². The molecule has 0 aliphatic heterocycles. The summed E-state index contributed by atoms with van der Waals surface area (Å²) in [7, 11) is 1.62. The first-order chi connectivity index (χ1) is 12.7. The maximum absolute atomic E-state index is 12.9. The average molecular weight is 355 g/mol. The van der Waals surface area contributed by atoms with Gasteiger partial charge in [0, 0.05) is 31.4 Å². The first-order valence-corrected chi connectivity index (χ1v) is 9.12. The van der Waals surface area contributed by atoms with Gasteiger partial charge in [0.1, 0.15) is 5.75 Å². The van der Waals surface area contributed by atoms with E-state index in [1.807, 2.05) is 59.5 Å². The summed E-state index contributed by atoms with van der Waals surface area (Å²) in [6, 6.07) is 17.4. The fourth-order valence-corrected chi connectivity index (χ4v) is 2.76. The van der Waals surface area contributed by atoms with Gasteiger partial charge in [0.15, 0.2) is 0 Å². The van der Waals surface area contributed by atoms with Crippen LogP contribution < -0.4 is 10.1 Å². The summed E-state index contributed by atoms with van der Waals surface area (Å²) in [4.78, 5) is 17.0. The number of rotatable bonds is 9. The summed E-state index contributed by atoms with van der Waals surface area (Å²) >= 11 is 0. The predicted molar refractivity (Wildman–Crippen MR) is 107 cm³/mol. The fourth-order valence-electron chi connectivity index (χ4n) is 2.76. The zero-order valence-corrected chi connectivity index (χ0v) is 15.9. The van der Waals surface area contributed by atoms with E-state index in [0.717, 1.165) is 36.6 Å². The molecular formula is C21H29N3O2. The molecule has 5 nitrogen and oxygen atoms in total. The van der Waals surface area contributed by atoms with Crippen molar-refractivity contribution in [2.75, 3.05) is 38.6 Å². The molecule has 5 heteroatoms. The molecule has 0 bridgehead atoms. The van der Waals surface area contributed by atoms with Gasteiger partial charge in [0.2, 0.25) is 0 Å². The number of amides is 2. The zero-order valence-electron chi connectivity index (χ0n) is 15.9. The number of hydrogen-bond acceptors (Lipinski definition) is 3. The third-order valence-electron chi connectivity index (χ3n) is 4.41. The highest BCUT2D eigenvalue weighted by atomic mass is 16.5. The van der Waals surface area contributed by atoms with E-state index in [4.69, 9.17) is 4.74 Å². The highest BCUT2D eigenvalue weighted by Crippen LogP contribution is 2.17. The minimum atomic E-state index is -0.103. The summed E-state index contributed by atoms with van der Waals surface area (Å²) in [6.07, 6.45) is 0. The number of nitrogens with zero attached hydrogens (tertiary/aromatic N) is 2. The van der Waals surface area contributed by atoms with Crippen molar-refractivity contribution in [3.63, 3.8) is 0 Å². The van der Waals surface area contributed by atoms with Crippen LogP contribution in [0.4, 0.5) is 10.5 Å². The van der Waals surface area contributed by atoms with Crippen LogP contribution in [0, 0.1) is 0 Å². The number of ether oxygens (including phenoxy) is 1. The summed E-state index contributed by atoms with van der Waals surface area (Å²) < 4.78 is 5.23. The Morgan fingerprint density at radius 3 is 2.38 bits per heavy atom. The molecule has 0 aromatic heterocycles. The third kappa shape index (κ3) is 6.08. The lowest BCUT2D eigenvalue weighted by molar-refractivity contribution is 0.194. The van der Waals surface area contributed by atoms with E-state index in [1.165, 1.54) is 0 Å². The molecule has 0 radical (unpaired) electrons. The van der Waals surface area contributed by atoms with Crippen LogP contribution >= 0.6 is 0 Å². The highest BCUT2D eigenvalue weighted by molar-refractivity contribution is 5.89. The van der Waals surface area contributed by atoms with E-state index in [0.29, 0.717) is 13.1 Å². The quantitative estimate of drug-likeness (QED) is 0.737. The van der Waals surface area contributed by atoms with E-state index in [1.54, 1.807) is 7.11 Å². The molecule has 0 aliphatic rings. The third-order valence-corrected chi connectivity index (χ3v) is 4.41. The van der Waals surface area contributed by atoms with Crippen molar-refractivity contribution in [3.8, 4) is 5.75 Å². The first-order valence-electron chi connectivity index (χ1n) is 9.12. The molecular weight excluding hydrogens is 326 g/mol. The van der Waals surface area contributed by atoms with Gasteiger partial charge in [-0.1, -0.05) is 50.2 Å². The maximum atomic E-state index is 12.9. The lowest BCUT2D eigenvalue weighted by atomic mass is 10.2. The minimum absolute atomic E-state index is 0.103. The van der Waals surface area contributed by atoms with Crippen LogP contribution in [0.15, 0.2) is 54.6 Å². The number of benzene rings is 2. The molecule has 0 fully saturated rings. The summed E-state index contributed by atoms with van der Waals surface area (Å²) in [6.45, 7) is 8.35. The number of urea groups is 1. The second kappa shape index (κ2) is 10.5. The number of likely N-dealkylation sites (N-methyl/N-ethyl adjacent to an activating group) is 1. The Morgan fingerprint density at radius 1 is 1.00 bits per heavy atom. The van der Waals surface area contributed by atoms with Gasteiger partial charge in [0.25, 0.3) is 0 Å². The molecule has 1 N–H and O–H groups in total. The highest BCUT2D eigenvalue weighted by Gasteiger charge is 2.15. The molecule has 2 aromatic carbocycles. The van der Waals surface area contributed by atoms with Crippen LogP contribution in [0.5, 0.6) is 5.75 Å². The molecule has 0 spiro atoms. The maximum Gasteiger partial charge on any atom is 0.322 e. The molecule has 2 aromatic rings. The van der Waals surface area contributed by atoms with E-state index < -0.39 is 0 Å². The lowest BCUT2D eigenvalue weighted by Gasteiger charge is -2.27. The fraction of sp³-hybridized carbons (Fsp3) is 0.381. The lowest BCUT2D eigenvalue weighted by Crippen LogP contribution is -2.40. The number of hydrogen-bond donors (Lipinski definition) is 1. The van der Waals surface area contributed by atoms with Gasteiger partial charge >= 0.3 is 6.03 Å². The number of carbonyl (C=O) groups is 1. The number of carbonyl (C=O) groups excluding carboxylic acids is 1. The van der Waals surface area contributed by atoms with Gasteiger partial charge in [0.05, 0.1) is 7.11 Å². The predicted octanol–water partition coefficient (Wildman–Crippen LogP) is 4.07.